The van der Waals surface area contributed by atoms with Gasteiger partial charge in [0.1, 0.15) is 0 Å². The minimum Gasteiger partial charge on any atom is -0.398 e. The summed E-state index contributed by atoms with van der Waals surface area (Å²) >= 11 is 0. The largest absolute Gasteiger partial charge is 0.514 e. The van der Waals surface area contributed by atoms with E-state index in [2.05, 4.69) is 10.3 Å². The molecule has 0 aliphatic carbocycles. The average molecular weight is 324 g/mol. The molecule has 0 bridgehead atoms. The summed E-state index contributed by atoms with van der Waals surface area (Å²) in [5, 5.41) is 2.83. The van der Waals surface area contributed by atoms with Crippen LogP contribution in [0.15, 0.2) is 48.7 Å². The van der Waals surface area contributed by atoms with Crippen LogP contribution in [0, 0.1) is 0 Å². The lowest BCUT2D eigenvalue weighted by atomic mass is 9.84. The molecule has 1 fully saturated rings. The molecule has 0 atom stereocenters. The highest BCUT2D eigenvalue weighted by molar-refractivity contribution is 6.61. The van der Waals surface area contributed by atoms with E-state index >= 15 is 0 Å². The van der Waals surface area contributed by atoms with Crippen molar-refractivity contribution in [1.29, 1.82) is 0 Å². The first kappa shape index (κ1) is 16.7. The van der Waals surface area contributed by atoms with E-state index in [0.29, 0.717) is 16.8 Å². The third kappa shape index (κ3) is 3.20. The maximum Gasteiger partial charge on any atom is 0.514 e. The zero-order valence-electron chi connectivity index (χ0n) is 14.4. The zero-order chi connectivity index (χ0) is 17.4. The highest BCUT2D eigenvalue weighted by Gasteiger charge is 2.52. The van der Waals surface area contributed by atoms with E-state index in [-0.39, 0.29) is 5.91 Å². The topological polar surface area (TPSA) is 60.5 Å². The van der Waals surface area contributed by atoms with Gasteiger partial charge in [0.2, 0.25) is 0 Å². The maximum absolute atomic E-state index is 12.1. The van der Waals surface area contributed by atoms with Crippen molar-refractivity contribution in [3.05, 3.63) is 54.2 Å². The molecule has 1 aliphatic rings. The lowest BCUT2D eigenvalue weighted by molar-refractivity contribution is 0.00578. The lowest BCUT2D eigenvalue weighted by Gasteiger charge is -2.32. The predicted octanol–water partition coefficient (Wildman–Crippen LogP) is 2.63. The molecule has 1 aromatic carbocycles. The number of carbonyl (C=O) groups is 1. The van der Waals surface area contributed by atoms with Gasteiger partial charge in [-0.05, 0) is 52.0 Å². The van der Waals surface area contributed by atoms with Crippen LogP contribution in [-0.2, 0) is 9.31 Å². The first-order valence-corrected chi connectivity index (χ1v) is 7.96. The molecule has 5 nitrogen and oxygen atoms in total. The summed E-state index contributed by atoms with van der Waals surface area (Å²) < 4.78 is 11.9. The molecule has 1 aliphatic heterocycles. The summed E-state index contributed by atoms with van der Waals surface area (Å²) in [5.74, 6) is -0.166. The van der Waals surface area contributed by atoms with Gasteiger partial charge in [-0.2, -0.15) is 0 Å². The number of benzene rings is 1. The second-order valence-corrected chi connectivity index (χ2v) is 6.88. The van der Waals surface area contributed by atoms with Crippen molar-refractivity contribution in [2.45, 2.75) is 38.9 Å². The van der Waals surface area contributed by atoms with E-state index in [1.54, 1.807) is 24.4 Å². The van der Waals surface area contributed by atoms with E-state index in [9.17, 15) is 4.79 Å². The lowest BCUT2D eigenvalue weighted by Crippen LogP contribution is -2.41. The van der Waals surface area contributed by atoms with Crippen LogP contribution in [0.1, 0.15) is 38.1 Å². The summed E-state index contributed by atoms with van der Waals surface area (Å²) in [4.78, 5) is 16.5. The molecule has 2 aromatic rings. The molecule has 6 heteroatoms. The third-order valence-electron chi connectivity index (χ3n) is 4.57. The quantitative estimate of drug-likeness (QED) is 0.882. The van der Waals surface area contributed by atoms with E-state index in [1.807, 2.05) is 52.0 Å². The Bertz CT molecular complexity index is 714. The molecule has 0 spiro atoms. The molecule has 1 saturated heterocycles. The number of carbonyl (C=O) groups excluding carboxylic acids is 1. The Morgan fingerprint density at radius 3 is 2.17 bits per heavy atom. The van der Waals surface area contributed by atoms with Gasteiger partial charge < -0.3 is 14.6 Å². The molecular formula is C18H21BN2O3. The van der Waals surface area contributed by atoms with Crippen molar-refractivity contribution in [1.82, 2.24) is 4.98 Å². The fourth-order valence-corrected chi connectivity index (χ4v) is 2.38. The SMILES string of the molecule is CC1(C)OB(c2ccc(NC(=O)c3ccccc3)cn2)OC1(C)C. The van der Waals surface area contributed by atoms with Crippen LogP contribution in [0.25, 0.3) is 0 Å². The number of aromatic nitrogens is 1. The summed E-state index contributed by atoms with van der Waals surface area (Å²) in [7, 11) is -0.506. The highest BCUT2D eigenvalue weighted by atomic mass is 16.7. The van der Waals surface area contributed by atoms with Crippen LogP contribution in [-0.4, -0.2) is 29.2 Å². The zero-order valence-corrected chi connectivity index (χ0v) is 14.4. The van der Waals surface area contributed by atoms with Gasteiger partial charge in [0.05, 0.1) is 22.5 Å². The average Bonchev–Trinajstić information content (AvgIpc) is 2.77. The normalized spacial score (nSPS) is 18.4. The molecule has 0 unspecified atom stereocenters. The van der Waals surface area contributed by atoms with Crippen molar-refractivity contribution in [2.24, 2.45) is 0 Å². The van der Waals surface area contributed by atoms with Crippen molar-refractivity contribution in [3.63, 3.8) is 0 Å². The molecule has 3 rings (SSSR count). The van der Waals surface area contributed by atoms with Crippen molar-refractivity contribution in [2.75, 3.05) is 5.32 Å². The van der Waals surface area contributed by atoms with E-state index in [4.69, 9.17) is 9.31 Å². The Balaban J connectivity index is 1.70. The fraction of sp³-hybridized carbons (Fsp3) is 0.333. The van der Waals surface area contributed by atoms with Crippen molar-refractivity contribution in [3.8, 4) is 0 Å². The molecule has 1 aromatic heterocycles. The Labute approximate surface area is 142 Å². The van der Waals surface area contributed by atoms with Gasteiger partial charge in [-0.1, -0.05) is 18.2 Å². The van der Waals surface area contributed by atoms with Gasteiger partial charge in [-0.25, -0.2) is 0 Å². The Kier molecular flexibility index (Phi) is 4.19. The van der Waals surface area contributed by atoms with Crippen LogP contribution in [0.4, 0.5) is 5.69 Å². The van der Waals surface area contributed by atoms with Gasteiger partial charge in [-0.3, -0.25) is 9.78 Å². The molecule has 124 valence electrons. The van der Waals surface area contributed by atoms with Crippen molar-refractivity contribution >= 4 is 24.3 Å². The smallest absolute Gasteiger partial charge is 0.398 e. The van der Waals surface area contributed by atoms with E-state index < -0.39 is 18.3 Å². The maximum atomic E-state index is 12.1. The number of amides is 1. The van der Waals surface area contributed by atoms with E-state index in [1.165, 1.54) is 0 Å². The highest BCUT2D eigenvalue weighted by Crippen LogP contribution is 2.36. The molecule has 0 radical (unpaired) electrons. The molecule has 1 N–H and O–H groups in total. The number of hydrogen-bond donors (Lipinski definition) is 1. The summed E-state index contributed by atoms with van der Waals surface area (Å²) in [6.45, 7) is 8.01. The minimum atomic E-state index is -0.506. The number of nitrogens with zero attached hydrogens (tertiary/aromatic N) is 1. The first-order valence-electron chi connectivity index (χ1n) is 7.96. The molecule has 1 amide bonds. The van der Waals surface area contributed by atoms with E-state index in [0.717, 1.165) is 0 Å². The fourth-order valence-electron chi connectivity index (χ4n) is 2.38. The summed E-state index contributed by atoms with van der Waals surface area (Å²) in [6, 6.07) is 12.7. The molecule has 2 heterocycles. The summed E-state index contributed by atoms with van der Waals surface area (Å²) in [5.41, 5.74) is 1.11. The van der Waals surface area contributed by atoms with Crippen LogP contribution in [0.3, 0.4) is 0 Å². The first-order chi connectivity index (χ1) is 11.3. The second kappa shape index (κ2) is 6.04. The van der Waals surface area contributed by atoms with Gasteiger partial charge in [0, 0.05) is 11.8 Å². The van der Waals surface area contributed by atoms with Crippen LogP contribution in [0.2, 0.25) is 0 Å². The number of nitrogens with one attached hydrogen (secondary N) is 1. The molecular weight excluding hydrogens is 303 g/mol. The van der Waals surface area contributed by atoms with Gasteiger partial charge in [0.15, 0.2) is 0 Å². The van der Waals surface area contributed by atoms with Crippen molar-refractivity contribution < 1.29 is 14.1 Å². The van der Waals surface area contributed by atoms with Gasteiger partial charge in [-0.15, -0.1) is 0 Å². The van der Waals surface area contributed by atoms with Crippen LogP contribution < -0.4 is 10.9 Å². The van der Waals surface area contributed by atoms with Crippen LogP contribution in [0.5, 0.6) is 0 Å². The monoisotopic (exact) mass is 324 g/mol. The summed E-state index contributed by atoms with van der Waals surface area (Å²) in [6.07, 6.45) is 1.61. The number of anilines is 1. The predicted molar refractivity (Wildman–Crippen MR) is 94.3 cm³/mol. The Hall–Kier alpha value is -2.18. The minimum absolute atomic E-state index is 0.166. The molecule has 24 heavy (non-hydrogen) atoms. The number of rotatable bonds is 3. The Morgan fingerprint density at radius 2 is 1.62 bits per heavy atom. The number of pyridine rings is 1. The Morgan fingerprint density at radius 1 is 1.00 bits per heavy atom. The van der Waals surface area contributed by atoms with Crippen LogP contribution >= 0.6 is 0 Å². The van der Waals surface area contributed by atoms with Gasteiger partial charge >= 0.3 is 7.12 Å². The van der Waals surface area contributed by atoms with Gasteiger partial charge in [0.25, 0.3) is 5.91 Å². The third-order valence-corrected chi connectivity index (χ3v) is 4.57. The standard InChI is InChI=1S/C18H21BN2O3/c1-17(2)18(3,4)24-19(23-17)15-11-10-14(12-20-15)21-16(22)13-8-6-5-7-9-13/h5-12H,1-4H3,(H,21,22). The molecule has 0 saturated carbocycles. The number of hydrogen-bond acceptors (Lipinski definition) is 4. The second-order valence-electron chi connectivity index (χ2n) is 6.88.